The molecule has 0 atom stereocenters. The molecule has 0 saturated heterocycles. The molecule has 0 fully saturated rings. The summed E-state index contributed by atoms with van der Waals surface area (Å²) in [6, 6.07) is 3.93. The summed E-state index contributed by atoms with van der Waals surface area (Å²) >= 11 is 1.68. The van der Waals surface area contributed by atoms with Crippen molar-refractivity contribution < 1.29 is 9.53 Å². The van der Waals surface area contributed by atoms with E-state index in [1.807, 2.05) is 13.8 Å². The van der Waals surface area contributed by atoms with Crippen LogP contribution in [0.25, 0.3) is 5.70 Å². The number of ether oxygens (including phenoxy) is 1. The van der Waals surface area contributed by atoms with Crippen LogP contribution in [0, 0.1) is 0 Å². The van der Waals surface area contributed by atoms with E-state index in [0.29, 0.717) is 12.2 Å². The Balaban J connectivity index is 1.59. The summed E-state index contributed by atoms with van der Waals surface area (Å²) in [5, 5.41) is 7.27. The molecule has 0 spiro atoms. The molecule has 0 unspecified atom stereocenters. The molecule has 40 heavy (non-hydrogen) atoms. The van der Waals surface area contributed by atoms with Gasteiger partial charge in [-0.15, -0.1) is 0 Å². The normalized spacial score (nSPS) is 16.5. The van der Waals surface area contributed by atoms with Gasteiger partial charge in [0.15, 0.2) is 0 Å². The van der Waals surface area contributed by atoms with Crippen LogP contribution in [0.4, 0.5) is 9.80 Å². The number of fused-ring (bicyclic) bond motifs is 1. The Hall–Kier alpha value is -2.58. The molecule has 8 heteroatoms. The second-order valence-electron chi connectivity index (χ2n) is 11.3. The molecule has 4 rings (SSSR count). The fraction of sp³-hybridized carbons (Fsp3) is 0.562. The number of unbranched alkanes of at least 4 members (excludes halogenated alkanes) is 1. The van der Waals surface area contributed by atoms with Gasteiger partial charge < -0.3 is 0 Å². The fourth-order valence-corrected chi connectivity index (χ4v) is 7.22. The van der Waals surface area contributed by atoms with Gasteiger partial charge in [-0.3, -0.25) is 0 Å². The van der Waals surface area contributed by atoms with Crippen LogP contribution < -0.4 is 10.6 Å². The van der Waals surface area contributed by atoms with Gasteiger partial charge in [0.2, 0.25) is 0 Å². The van der Waals surface area contributed by atoms with E-state index in [1.165, 1.54) is 52.1 Å². The van der Waals surface area contributed by atoms with Gasteiger partial charge in [0.25, 0.3) is 0 Å². The van der Waals surface area contributed by atoms with Gasteiger partial charge in [0.05, 0.1) is 0 Å². The third-order valence-corrected chi connectivity index (χ3v) is 9.28. The van der Waals surface area contributed by atoms with Crippen molar-refractivity contribution in [3.8, 4) is 0 Å². The maximum atomic E-state index is 13.4. The summed E-state index contributed by atoms with van der Waals surface area (Å²) in [6.45, 7) is 14.3. The molecule has 1 aliphatic carbocycles. The first-order chi connectivity index (χ1) is 19.3. The van der Waals surface area contributed by atoms with Crippen LogP contribution in [0.5, 0.6) is 0 Å². The van der Waals surface area contributed by atoms with E-state index in [2.05, 4.69) is 72.9 Å². The summed E-state index contributed by atoms with van der Waals surface area (Å²) in [5.74, 6) is 0. The number of amides is 2. The zero-order valence-electron chi connectivity index (χ0n) is 25.2. The molecular formula is C32H47BN4O2S. The predicted molar refractivity (Wildman–Crippen MR) is 172 cm³/mol. The van der Waals surface area contributed by atoms with Crippen LogP contribution in [0.15, 0.2) is 41.2 Å². The SMILES string of the molecule is B=C(OC(C)C)c1c(NC(=O)NC/C(C2=C(CCCC)CN(CC)CC2)=C(/C)n2cccc2)sc2c1CCCC2. The van der Waals surface area contributed by atoms with Gasteiger partial charge in [-0.05, 0) is 6.54 Å². The summed E-state index contributed by atoms with van der Waals surface area (Å²) in [4.78, 5) is 17.3. The van der Waals surface area contributed by atoms with Crippen molar-refractivity contribution in [2.75, 3.05) is 31.5 Å². The van der Waals surface area contributed by atoms with E-state index < -0.39 is 0 Å². The molecule has 2 aromatic rings. The number of allylic oxidation sites excluding steroid dienone is 1. The van der Waals surface area contributed by atoms with E-state index in [-0.39, 0.29) is 12.1 Å². The van der Waals surface area contributed by atoms with Crippen LogP contribution in [-0.4, -0.2) is 60.9 Å². The molecule has 0 radical (unpaired) electrons. The minimum atomic E-state index is -0.184. The van der Waals surface area contributed by atoms with E-state index in [0.717, 1.165) is 62.3 Å². The predicted octanol–water partition coefficient (Wildman–Crippen LogP) is 6.50. The molecular weight excluding hydrogens is 515 g/mol. The van der Waals surface area contributed by atoms with Crippen LogP contribution in [0.3, 0.4) is 0 Å². The van der Waals surface area contributed by atoms with Gasteiger partial charge in [-0.25, -0.2) is 0 Å². The topological polar surface area (TPSA) is 58.5 Å². The molecule has 0 saturated carbocycles. The summed E-state index contributed by atoms with van der Waals surface area (Å²) in [7, 11) is 4.24. The molecule has 0 bridgehead atoms. The van der Waals surface area contributed by atoms with Crippen molar-refractivity contribution in [3.63, 3.8) is 0 Å². The minimum absolute atomic E-state index is 0.0342. The Morgan fingerprint density at radius 3 is 2.60 bits per heavy atom. The van der Waals surface area contributed by atoms with E-state index in [4.69, 9.17) is 4.74 Å². The van der Waals surface area contributed by atoms with Crippen molar-refractivity contribution in [2.45, 2.75) is 92.1 Å². The van der Waals surface area contributed by atoms with Crippen molar-refractivity contribution >= 4 is 41.2 Å². The molecule has 2 aliphatic rings. The molecule has 2 N–H and O–H groups in total. The Labute approximate surface area is 245 Å². The quantitative estimate of drug-likeness (QED) is 0.291. The molecule has 1 aliphatic heterocycles. The molecule has 216 valence electrons. The van der Waals surface area contributed by atoms with Gasteiger partial charge in [0.1, 0.15) is 0 Å². The van der Waals surface area contributed by atoms with Crippen molar-refractivity contribution in [1.29, 1.82) is 0 Å². The van der Waals surface area contributed by atoms with Crippen LogP contribution >= 0.6 is 11.3 Å². The van der Waals surface area contributed by atoms with Crippen molar-refractivity contribution in [3.05, 3.63) is 57.2 Å². The van der Waals surface area contributed by atoms with Gasteiger partial charge in [0, 0.05) is 0 Å². The van der Waals surface area contributed by atoms with E-state index >= 15 is 0 Å². The Morgan fingerprint density at radius 2 is 1.90 bits per heavy atom. The van der Waals surface area contributed by atoms with Crippen LogP contribution in [0.2, 0.25) is 0 Å². The molecule has 6 nitrogen and oxygen atoms in total. The number of carbonyl (C=O) groups excluding carboxylic acids is 1. The number of rotatable bonds is 12. The first kappa shape index (κ1) is 30.4. The molecule has 0 aromatic carbocycles. The number of hydrogen-bond donors (Lipinski definition) is 2. The Morgan fingerprint density at radius 1 is 1.15 bits per heavy atom. The number of thiophene rings is 1. The van der Waals surface area contributed by atoms with Crippen LogP contribution in [0.1, 0.15) is 89.1 Å². The number of aryl methyl sites for hydroxylation is 1. The Bertz CT molecular complexity index is 1240. The number of aromatic nitrogens is 1. The number of hydrogen-bond acceptors (Lipinski definition) is 4. The van der Waals surface area contributed by atoms with E-state index in [1.54, 1.807) is 11.3 Å². The van der Waals surface area contributed by atoms with Crippen LogP contribution in [-0.2, 0) is 17.6 Å². The average Bonchev–Trinajstić information content (AvgIpc) is 3.60. The zero-order chi connectivity index (χ0) is 28.6. The molecule has 3 heterocycles. The van der Waals surface area contributed by atoms with Crippen molar-refractivity contribution in [1.82, 2.24) is 14.8 Å². The standard InChI is InChI=1S/C32H47BN4O2S/c1-6-8-13-24-21-36(7-2)19-16-25(24)27(23(5)37-17-11-12-18-37)20-34-32(38)35-31-29(30(33)39-22(3)4)26-14-9-10-15-28(26)40-31/h11-12,17-18,22,33H,6-10,13-16,19-21H2,1-5H3,(H2,34,35,38)/b27-23+. The third kappa shape index (κ3) is 7.38. The second-order valence-corrected chi connectivity index (χ2v) is 12.4. The van der Waals surface area contributed by atoms with Gasteiger partial charge >= 0.3 is 220 Å². The van der Waals surface area contributed by atoms with Gasteiger partial charge in [-0.1, -0.05) is 20.3 Å². The first-order valence-corrected chi connectivity index (χ1v) is 16.0. The third-order valence-electron chi connectivity index (χ3n) is 8.07. The summed E-state index contributed by atoms with van der Waals surface area (Å²) in [5.41, 5.74) is 8.29. The first-order valence-electron chi connectivity index (χ1n) is 15.1. The summed E-state index contributed by atoms with van der Waals surface area (Å²) < 4.78 is 8.19. The average molecular weight is 563 g/mol. The van der Waals surface area contributed by atoms with Gasteiger partial charge in [-0.2, -0.15) is 0 Å². The number of urea groups is 1. The Kier molecular flexibility index (Phi) is 10.9. The fourth-order valence-electron chi connectivity index (χ4n) is 5.92. The summed E-state index contributed by atoms with van der Waals surface area (Å²) in [6.07, 6.45) is 13.1. The van der Waals surface area contributed by atoms with Crippen molar-refractivity contribution in [2.24, 2.45) is 0 Å². The number of anilines is 1. The van der Waals surface area contributed by atoms with E-state index in [9.17, 15) is 4.79 Å². The monoisotopic (exact) mass is 562 g/mol. The zero-order valence-corrected chi connectivity index (χ0v) is 26.0. The molecule has 2 aromatic heterocycles. The number of nitrogens with one attached hydrogen (secondary N) is 2. The number of nitrogens with zero attached hydrogens (tertiary/aromatic N) is 2. The number of carbonyl (C=O) groups is 1. The maximum absolute atomic E-state index is 13.4. The molecule has 2 amide bonds. The second kappa shape index (κ2) is 14.4. The number of likely N-dealkylation sites (N-methyl/N-ethyl adjacent to an activating group) is 1.